The van der Waals surface area contributed by atoms with E-state index in [-0.39, 0.29) is 0 Å². The van der Waals surface area contributed by atoms with E-state index in [2.05, 4.69) is 20.8 Å². The van der Waals surface area contributed by atoms with Crippen LogP contribution >= 0.6 is 0 Å². The Morgan fingerprint density at radius 2 is 1.61 bits per heavy atom. The van der Waals surface area contributed by atoms with Gasteiger partial charge in [0.25, 0.3) is 0 Å². The zero-order valence-electron chi connectivity index (χ0n) is 15.7. The molecule has 0 fully saturated rings. The average Bonchev–Trinajstić information content (AvgIpc) is 2.74. The number of hydrogen-bond acceptors (Lipinski definition) is 6. The summed E-state index contributed by atoms with van der Waals surface area (Å²) in [5, 5.41) is 13.6. The number of carbonyl (C=O) groups excluding carboxylic acids is 1. The van der Waals surface area contributed by atoms with Gasteiger partial charge in [0.05, 0.1) is 32.7 Å². The Balaban J connectivity index is 1.67. The summed E-state index contributed by atoms with van der Waals surface area (Å²) in [7, 11) is 4.63. The molecule has 2 N–H and O–H groups in total. The summed E-state index contributed by atoms with van der Waals surface area (Å²) in [6.45, 7) is 0. The van der Waals surface area contributed by atoms with Crippen LogP contribution in [-0.4, -0.2) is 37.6 Å². The van der Waals surface area contributed by atoms with Crippen LogP contribution in [-0.2, 0) is 0 Å². The van der Waals surface area contributed by atoms with E-state index >= 15 is 0 Å². The van der Waals surface area contributed by atoms with Gasteiger partial charge in [0.15, 0.2) is 0 Å². The molecule has 1 aromatic heterocycles. The van der Waals surface area contributed by atoms with Crippen LogP contribution in [0, 0.1) is 0 Å². The molecule has 2 amide bonds. The number of amides is 2. The third kappa shape index (κ3) is 4.47. The number of aromatic nitrogens is 2. The fourth-order valence-corrected chi connectivity index (χ4v) is 2.50. The van der Waals surface area contributed by atoms with E-state index in [4.69, 9.17) is 14.2 Å². The summed E-state index contributed by atoms with van der Waals surface area (Å²) in [5.41, 5.74) is 2.71. The number of urea groups is 1. The molecule has 0 saturated heterocycles. The van der Waals surface area contributed by atoms with Crippen molar-refractivity contribution in [1.82, 2.24) is 10.2 Å². The molecule has 2 aromatic carbocycles. The number of anilines is 2. The second-order valence-electron chi connectivity index (χ2n) is 5.68. The third-order valence-electron chi connectivity index (χ3n) is 3.94. The Kier molecular flexibility index (Phi) is 5.91. The highest BCUT2D eigenvalue weighted by Gasteiger charge is 2.10. The molecule has 3 aromatic rings. The third-order valence-corrected chi connectivity index (χ3v) is 3.94. The molecule has 28 heavy (non-hydrogen) atoms. The van der Waals surface area contributed by atoms with Gasteiger partial charge in [-0.25, -0.2) is 4.79 Å². The lowest BCUT2D eigenvalue weighted by Crippen LogP contribution is -2.19. The Morgan fingerprint density at radius 1 is 0.821 bits per heavy atom. The Hall–Kier alpha value is -3.81. The van der Waals surface area contributed by atoms with Crippen molar-refractivity contribution in [3.05, 3.63) is 54.6 Å². The minimum Gasteiger partial charge on any atom is -0.497 e. The second kappa shape index (κ2) is 8.72. The second-order valence-corrected chi connectivity index (χ2v) is 5.68. The number of nitrogens with zero attached hydrogens (tertiary/aromatic N) is 2. The number of nitrogens with one attached hydrogen (secondary N) is 2. The van der Waals surface area contributed by atoms with Crippen LogP contribution in [0.4, 0.5) is 16.2 Å². The number of methoxy groups -OCH3 is 3. The maximum absolute atomic E-state index is 12.3. The zero-order valence-corrected chi connectivity index (χ0v) is 15.7. The molecule has 144 valence electrons. The Bertz CT molecular complexity index is 943. The van der Waals surface area contributed by atoms with E-state index in [0.29, 0.717) is 34.4 Å². The van der Waals surface area contributed by atoms with E-state index in [9.17, 15) is 4.79 Å². The molecule has 3 rings (SSSR count). The molecule has 0 bridgehead atoms. The topological polar surface area (TPSA) is 94.6 Å². The molecule has 0 aliphatic carbocycles. The van der Waals surface area contributed by atoms with E-state index in [1.807, 2.05) is 18.2 Å². The van der Waals surface area contributed by atoms with Crippen LogP contribution < -0.4 is 24.8 Å². The van der Waals surface area contributed by atoms with Crippen molar-refractivity contribution in [1.29, 1.82) is 0 Å². The maximum atomic E-state index is 12.3. The van der Waals surface area contributed by atoms with Crippen molar-refractivity contribution in [3.8, 4) is 28.6 Å². The van der Waals surface area contributed by atoms with Crippen LogP contribution in [0.3, 0.4) is 0 Å². The first kappa shape index (κ1) is 19.0. The van der Waals surface area contributed by atoms with E-state index in [1.165, 1.54) is 14.2 Å². The summed E-state index contributed by atoms with van der Waals surface area (Å²) in [6, 6.07) is 15.6. The molecule has 0 aliphatic heterocycles. The highest BCUT2D eigenvalue weighted by atomic mass is 16.5. The molecule has 0 unspecified atom stereocenters. The number of carbonyl (C=O) groups is 1. The maximum Gasteiger partial charge on any atom is 0.323 e. The van der Waals surface area contributed by atoms with Gasteiger partial charge < -0.3 is 24.8 Å². The van der Waals surface area contributed by atoms with Gasteiger partial charge in [-0.2, -0.15) is 0 Å². The van der Waals surface area contributed by atoms with Gasteiger partial charge in [0, 0.05) is 23.4 Å². The highest BCUT2D eigenvalue weighted by molar-refractivity contribution is 6.00. The van der Waals surface area contributed by atoms with Crippen molar-refractivity contribution in [2.24, 2.45) is 0 Å². The summed E-state index contributed by atoms with van der Waals surface area (Å²) in [6.07, 6.45) is 0. The van der Waals surface area contributed by atoms with Crippen LogP contribution in [0.15, 0.2) is 54.6 Å². The number of rotatable bonds is 6. The van der Waals surface area contributed by atoms with Gasteiger partial charge in [0.1, 0.15) is 11.5 Å². The fraction of sp³-hybridized carbons (Fsp3) is 0.150. The molecule has 0 atom stereocenters. The number of ether oxygens (including phenoxy) is 3. The largest absolute Gasteiger partial charge is 0.497 e. The minimum absolute atomic E-state index is 0.399. The van der Waals surface area contributed by atoms with Crippen molar-refractivity contribution in [2.45, 2.75) is 0 Å². The lowest BCUT2D eigenvalue weighted by atomic mass is 10.1. The lowest BCUT2D eigenvalue weighted by Gasteiger charge is -2.12. The van der Waals surface area contributed by atoms with Crippen LogP contribution in [0.25, 0.3) is 11.3 Å². The van der Waals surface area contributed by atoms with Gasteiger partial charge >= 0.3 is 6.03 Å². The molecule has 0 saturated carbocycles. The quantitative estimate of drug-likeness (QED) is 0.675. The first-order valence-electron chi connectivity index (χ1n) is 8.41. The zero-order chi connectivity index (χ0) is 19.9. The first-order valence-corrected chi connectivity index (χ1v) is 8.41. The molecule has 0 radical (unpaired) electrons. The van der Waals surface area contributed by atoms with Gasteiger partial charge in [-0.3, -0.25) is 0 Å². The molecular formula is C20H20N4O4. The van der Waals surface area contributed by atoms with Gasteiger partial charge in [-0.05, 0) is 30.3 Å². The molecule has 0 aliphatic rings. The van der Waals surface area contributed by atoms with Gasteiger partial charge in [0.2, 0.25) is 5.88 Å². The van der Waals surface area contributed by atoms with Crippen molar-refractivity contribution in [2.75, 3.05) is 32.0 Å². The average molecular weight is 380 g/mol. The summed E-state index contributed by atoms with van der Waals surface area (Å²) in [5.74, 6) is 1.59. The normalized spacial score (nSPS) is 10.1. The molecule has 8 nitrogen and oxygen atoms in total. The number of hydrogen-bond donors (Lipinski definition) is 2. The highest BCUT2D eigenvalue weighted by Crippen LogP contribution is 2.29. The molecular weight excluding hydrogens is 360 g/mol. The standard InChI is InChI=1S/C20H20N4O4/c1-26-15-8-10-18(27-2)17(12-15)22-20(25)21-14-6-4-13(5-7-14)16-9-11-19(28-3)24-23-16/h4-12H,1-3H3,(H2,21,22,25). The Labute approximate surface area is 162 Å². The first-order chi connectivity index (χ1) is 13.6. The SMILES string of the molecule is COc1ccc(OC)c(NC(=O)Nc2ccc(-c3ccc(OC)nn3)cc2)c1. The minimum atomic E-state index is -0.399. The Morgan fingerprint density at radius 3 is 2.21 bits per heavy atom. The summed E-state index contributed by atoms with van der Waals surface area (Å²) >= 11 is 0. The summed E-state index contributed by atoms with van der Waals surface area (Å²) in [4.78, 5) is 12.3. The van der Waals surface area contributed by atoms with E-state index < -0.39 is 6.03 Å². The van der Waals surface area contributed by atoms with Gasteiger partial charge in [-0.15, -0.1) is 10.2 Å². The smallest absolute Gasteiger partial charge is 0.323 e. The van der Waals surface area contributed by atoms with Gasteiger partial charge in [-0.1, -0.05) is 12.1 Å². The van der Waals surface area contributed by atoms with Crippen molar-refractivity contribution >= 4 is 17.4 Å². The molecule has 1 heterocycles. The lowest BCUT2D eigenvalue weighted by molar-refractivity contribution is 0.262. The summed E-state index contributed by atoms with van der Waals surface area (Å²) < 4.78 is 15.4. The van der Waals surface area contributed by atoms with Crippen LogP contribution in [0.5, 0.6) is 17.4 Å². The van der Waals surface area contributed by atoms with Crippen molar-refractivity contribution < 1.29 is 19.0 Å². The van der Waals surface area contributed by atoms with E-state index in [1.54, 1.807) is 43.5 Å². The predicted molar refractivity (Wildman–Crippen MR) is 106 cm³/mol. The van der Waals surface area contributed by atoms with Crippen LogP contribution in [0.2, 0.25) is 0 Å². The molecule has 8 heteroatoms. The van der Waals surface area contributed by atoms with E-state index in [0.717, 1.165) is 5.56 Å². The fourth-order valence-electron chi connectivity index (χ4n) is 2.50. The monoisotopic (exact) mass is 380 g/mol. The van der Waals surface area contributed by atoms with Crippen molar-refractivity contribution in [3.63, 3.8) is 0 Å². The number of benzene rings is 2. The van der Waals surface area contributed by atoms with Crippen LogP contribution in [0.1, 0.15) is 0 Å². The molecule has 0 spiro atoms. The predicted octanol–water partition coefficient (Wildman–Crippen LogP) is 3.81.